The number of likely N-dealkylation sites (N-methyl/N-ethyl adjacent to an activating group) is 1. The maximum atomic E-state index is 14.6. The third-order valence-electron chi connectivity index (χ3n) is 6.56. The molecule has 0 radical (unpaired) electrons. The van der Waals surface area contributed by atoms with Gasteiger partial charge in [0, 0.05) is 24.7 Å². The zero-order valence-corrected chi connectivity index (χ0v) is 19.9. The molecule has 38 heavy (non-hydrogen) atoms. The van der Waals surface area contributed by atoms with Crippen molar-refractivity contribution in [3.05, 3.63) is 72.4 Å². The summed E-state index contributed by atoms with van der Waals surface area (Å²) in [5.74, 6) is -5.11. The Morgan fingerprint density at radius 1 is 0.947 bits per heavy atom. The number of alkyl halides is 5. The number of nitrogens with zero attached hydrogens (tertiary/aromatic N) is 6. The van der Waals surface area contributed by atoms with Gasteiger partial charge in [-0.25, -0.2) is 9.97 Å². The molecule has 1 aliphatic rings. The molecule has 0 saturated carbocycles. The van der Waals surface area contributed by atoms with Crippen LogP contribution in [0.3, 0.4) is 0 Å². The molecule has 0 N–H and O–H groups in total. The summed E-state index contributed by atoms with van der Waals surface area (Å²) in [5.41, 5.74) is 1.71. The number of rotatable bonds is 4. The van der Waals surface area contributed by atoms with Crippen LogP contribution in [0.4, 0.5) is 22.0 Å². The van der Waals surface area contributed by atoms with Gasteiger partial charge < -0.3 is 9.32 Å². The molecule has 194 valence electrons. The number of hydrogen-bond donors (Lipinski definition) is 0. The van der Waals surface area contributed by atoms with E-state index in [1.54, 1.807) is 24.3 Å². The summed E-state index contributed by atoms with van der Waals surface area (Å²) in [4.78, 5) is 10.3. The smallest absolute Gasteiger partial charge is 0.422 e. The van der Waals surface area contributed by atoms with Crippen LogP contribution in [-0.2, 0) is 5.92 Å². The van der Waals surface area contributed by atoms with Crippen LogP contribution < -0.4 is 0 Å². The Morgan fingerprint density at radius 2 is 1.71 bits per heavy atom. The number of fused-ring (bicyclic) bond motifs is 3. The van der Waals surface area contributed by atoms with Crippen LogP contribution in [0.2, 0.25) is 0 Å². The van der Waals surface area contributed by atoms with Crippen molar-refractivity contribution < 1.29 is 26.4 Å². The third kappa shape index (κ3) is 4.01. The molecule has 5 aromatic rings. The fraction of sp³-hybridized carbons (Fsp3) is 0.231. The van der Waals surface area contributed by atoms with Gasteiger partial charge in [0.05, 0.1) is 0 Å². The van der Waals surface area contributed by atoms with Crippen LogP contribution in [0.25, 0.3) is 45.0 Å². The molecule has 0 spiro atoms. The van der Waals surface area contributed by atoms with Gasteiger partial charge >= 0.3 is 12.1 Å². The second kappa shape index (κ2) is 8.69. The molecule has 5 heterocycles. The van der Waals surface area contributed by atoms with Crippen molar-refractivity contribution in [1.82, 2.24) is 29.5 Å². The van der Waals surface area contributed by atoms with Crippen LogP contribution in [-0.4, -0.2) is 55.8 Å². The Bertz CT molecular complexity index is 1670. The highest BCUT2D eigenvalue weighted by Gasteiger charge is 2.60. The first-order chi connectivity index (χ1) is 18.1. The molecular formula is C26H19F5N6O. The third-order valence-corrected chi connectivity index (χ3v) is 6.56. The minimum absolute atomic E-state index is 0.0668. The molecule has 12 heteroatoms. The Labute approximate surface area is 212 Å². The van der Waals surface area contributed by atoms with E-state index in [1.165, 1.54) is 10.6 Å². The molecular weight excluding hydrogens is 507 g/mol. The number of hydrogen-bond acceptors (Lipinski definition) is 6. The van der Waals surface area contributed by atoms with Gasteiger partial charge in [0.1, 0.15) is 22.7 Å². The van der Waals surface area contributed by atoms with E-state index in [4.69, 9.17) is 4.42 Å². The first-order valence-electron chi connectivity index (χ1n) is 11.6. The molecule has 0 saturated heterocycles. The lowest BCUT2D eigenvalue weighted by Gasteiger charge is -2.23. The average Bonchev–Trinajstić information content (AvgIpc) is 3.58. The van der Waals surface area contributed by atoms with Crippen LogP contribution >= 0.6 is 0 Å². The fourth-order valence-electron chi connectivity index (χ4n) is 4.63. The lowest BCUT2D eigenvalue weighted by atomic mass is 9.96. The van der Waals surface area contributed by atoms with Crippen molar-refractivity contribution >= 4 is 22.3 Å². The normalized spacial score (nSPS) is 15.4. The molecule has 0 amide bonds. The van der Waals surface area contributed by atoms with E-state index in [9.17, 15) is 22.0 Å². The molecule has 7 nitrogen and oxygen atoms in total. The highest BCUT2D eigenvalue weighted by Crippen LogP contribution is 2.45. The average molecular weight is 526 g/mol. The SMILES string of the molecule is CN1CCC=C(c2ccc(-c3cc(C(F)(F)C(F)(F)F)nc4c3ccc3nc(-c5nnco5)cn34)cc2)C1. The predicted molar refractivity (Wildman–Crippen MR) is 129 cm³/mol. The van der Waals surface area contributed by atoms with E-state index < -0.39 is 17.8 Å². The number of benzene rings is 1. The summed E-state index contributed by atoms with van der Waals surface area (Å²) < 4.78 is 75.9. The number of imidazole rings is 1. The van der Waals surface area contributed by atoms with Crippen molar-refractivity contribution in [2.24, 2.45) is 0 Å². The standard InChI is InChI=1S/C26H19F5N6O/c1-36-10-2-3-17(12-36)15-4-6-16(7-5-15)19-11-21(25(27,28)26(29,30)31)34-23-18(19)8-9-22-33-20(13-37(22)23)24-35-32-14-38-24/h3-9,11,13-14H,2,10,12H2,1H3. The van der Waals surface area contributed by atoms with Crippen molar-refractivity contribution in [2.75, 3.05) is 20.1 Å². The molecule has 0 bridgehead atoms. The summed E-state index contributed by atoms with van der Waals surface area (Å²) in [7, 11) is 2.02. The van der Waals surface area contributed by atoms with Crippen LogP contribution in [0.1, 0.15) is 17.7 Å². The van der Waals surface area contributed by atoms with Crippen molar-refractivity contribution in [3.63, 3.8) is 0 Å². The molecule has 0 fully saturated rings. The van der Waals surface area contributed by atoms with Gasteiger partial charge in [-0.3, -0.25) is 4.40 Å². The molecule has 0 atom stereocenters. The van der Waals surface area contributed by atoms with E-state index in [0.717, 1.165) is 43.1 Å². The van der Waals surface area contributed by atoms with E-state index >= 15 is 0 Å². The lowest BCUT2D eigenvalue weighted by Crippen LogP contribution is -2.34. The number of halogens is 5. The van der Waals surface area contributed by atoms with Gasteiger partial charge in [0.2, 0.25) is 6.39 Å². The molecule has 1 aliphatic heterocycles. The molecule has 6 rings (SSSR count). The summed E-state index contributed by atoms with van der Waals surface area (Å²) in [6.45, 7) is 1.72. The Hall–Kier alpha value is -4.19. The lowest BCUT2D eigenvalue weighted by molar-refractivity contribution is -0.290. The summed E-state index contributed by atoms with van der Waals surface area (Å²) in [6, 6.07) is 11.1. The number of pyridine rings is 2. The van der Waals surface area contributed by atoms with Crippen LogP contribution in [0.5, 0.6) is 0 Å². The zero-order valence-electron chi connectivity index (χ0n) is 19.9. The van der Waals surface area contributed by atoms with Gasteiger partial charge in [0.15, 0.2) is 0 Å². The van der Waals surface area contributed by atoms with Crippen molar-refractivity contribution in [1.29, 1.82) is 0 Å². The molecule has 0 unspecified atom stereocenters. The fourth-order valence-corrected chi connectivity index (χ4v) is 4.63. The van der Waals surface area contributed by atoms with E-state index in [-0.39, 0.29) is 28.4 Å². The maximum Gasteiger partial charge on any atom is 0.459 e. The minimum atomic E-state index is -5.83. The second-order valence-corrected chi connectivity index (χ2v) is 9.13. The van der Waals surface area contributed by atoms with E-state index in [1.807, 2.05) is 19.2 Å². The summed E-state index contributed by atoms with van der Waals surface area (Å²) in [6.07, 6.45) is -0.264. The van der Waals surface area contributed by atoms with Crippen LogP contribution in [0.15, 0.2) is 65.5 Å². The molecule has 0 aliphatic carbocycles. The summed E-state index contributed by atoms with van der Waals surface area (Å²) >= 11 is 0. The van der Waals surface area contributed by atoms with Crippen molar-refractivity contribution in [3.8, 4) is 22.7 Å². The topological polar surface area (TPSA) is 72.3 Å². The summed E-state index contributed by atoms with van der Waals surface area (Å²) in [5, 5.41) is 7.74. The molecule has 4 aromatic heterocycles. The van der Waals surface area contributed by atoms with Crippen molar-refractivity contribution in [2.45, 2.75) is 18.5 Å². The number of aromatic nitrogens is 5. The zero-order chi connectivity index (χ0) is 26.7. The van der Waals surface area contributed by atoms with Gasteiger partial charge in [-0.05, 0) is 53.9 Å². The Balaban J connectivity index is 1.55. The predicted octanol–water partition coefficient (Wildman–Crippen LogP) is 5.97. The Morgan fingerprint density at radius 3 is 2.39 bits per heavy atom. The van der Waals surface area contributed by atoms with Crippen LogP contribution in [0, 0.1) is 0 Å². The van der Waals surface area contributed by atoms with Gasteiger partial charge in [-0.15, -0.1) is 10.2 Å². The second-order valence-electron chi connectivity index (χ2n) is 9.13. The highest BCUT2D eigenvalue weighted by molar-refractivity contribution is 5.95. The van der Waals surface area contributed by atoms with E-state index in [2.05, 4.69) is 31.1 Å². The first kappa shape index (κ1) is 24.2. The highest BCUT2D eigenvalue weighted by atomic mass is 19.4. The quantitative estimate of drug-likeness (QED) is 0.269. The first-order valence-corrected chi connectivity index (χ1v) is 11.6. The monoisotopic (exact) mass is 526 g/mol. The molecule has 1 aromatic carbocycles. The maximum absolute atomic E-state index is 14.6. The van der Waals surface area contributed by atoms with Gasteiger partial charge in [-0.2, -0.15) is 22.0 Å². The largest absolute Gasteiger partial charge is 0.459 e. The van der Waals surface area contributed by atoms with Gasteiger partial charge in [-0.1, -0.05) is 30.3 Å². The Kier molecular flexibility index (Phi) is 5.53. The minimum Gasteiger partial charge on any atom is -0.422 e. The van der Waals surface area contributed by atoms with E-state index in [0.29, 0.717) is 10.9 Å². The van der Waals surface area contributed by atoms with Gasteiger partial charge in [0.25, 0.3) is 5.89 Å².